The highest BCUT2D eigenvalue weighted by atomic mass is 28.4. The lowest BCUT2D eigenvalue weighted by Gasteiger charge is -2.39. The van der Waals surface area contributed by atoms with Crippen LogP contribution in [0.25, 0.3) is 0 Å². The summed E-state index contributed by atoms with van der Waals surface area (Å²) >= 11 is 0. The van der Waals surface area contributed by atoms with E-state index in [1.165, 1.54) is 6.07 Å². The number of nitrogens with one attached hydrogen (secondary N) is 2. The lowest BCUT2D eigenvalue weighted by molar-refractivity contribution is -0.128. The van der Waals surface area contributed by atoms with Crippen LogP contribution in [0.15, 0.2) is 48.5 Å². The van der Waals surface area contributed by atoms with Gasteiger partial charge in [0.05, 0.1) is 6.61 Å². The normalized spacial score (nSPS) is 21.1. The minimum Gasteiger partial charge on any atom is -0.489 e. The van der Waals surface area contributed by atoms with Crippen LogP contribution >= 0.6 is 0 Å². The van der Waals surface area contributed by atoms with Crippen LogP contribution in [0.1, 0.15) is 50.8 Å². The molecule has 0 spiro atoms. The zero-order valence-electron chi connectivity index (χ0n) is 20.6. The Labute approximate surface area is 198 Å². The lowest BCUT2D eigenvalue weighted by atomic mass is 9.97. The van der Waals surface area contributed by atoms with E-state index in [0.717, 1.165) is 12.0 Å². The van der Waals surface area contributed by atoms with Gasteiger partial charge in [-0.2, -0.15) is 0 Å². The van der Waals surface area contributed by atoms with Gasteiger partial charge in [0.2, 0.25) is 5.91 Å². The van der Waals surface area contributed by atoms with E-state index in [1.807, 2.05) is 24.3 Å². The molecule has 0 bridgehead atoms. The second-order valence-corrected chi connectivity index (χ2v) is 15.2. The molecule has 180 valence electrons. The molecule has 2 aromatic carbocycles. The van der Waals surface area contributed by atoms with Crippen molar-refractivity contribution in [1.29, 1.82) is 0 Å². The van der Waals surface area contributed by atoms with E-state index in [2.05, 4.69) is 44.5 Å². The van der Waals surface area contributed by atoms with Crippen molar-refractivity contribution in [2.75, 3.05) is 13.7 Å². The quantitative estimate of drug-likeness (QED) is 0.510. The van der Waals surface area contributed by atoms with Gasteiger partial charge in [-0.15, -0.1) is 0 Å². The maximum Gasteiger partial charge on any atom is 0.242 e. The third-order valence-corrected chi connectivity index (χ3v) is 11.6. The molecule has 0 unspecified atom stereocenters. The first kappa shape index (κ1) is 25.4. The van der Waals surface area contributed by atoms with Gasteiger partial charge in [0.1, 0.15) is 23.7 Å². The number of rotatable bonds is 8. The Balaban J connectivity index is 1.66. The third-order valence-electron chi connectivity index (χ3n) is 7.09. The summed E-state index contributed by atoms with van der Waals surface area (Å²) in [5.41, 5.74) is 0.872. The number of likely N-dealkylation sites (N-methyl/N-ethyl adjacent to an activating group) is 1. The smallest absolute Gasteiger partial charge is 0.242 e. The number of hydrogen-bond donors (Lipinski definition) is 2. The summed E-state index contributed by atoms with van der Waals surface area (Å²) in [5.74, 6) is 0.377. The Morgan fingerprint density at radius 3 is 2.45 bits per heavy atom. The zero-order valence-corrected chi connectivity index (χ0v) is 21.6. The molecule has 1 amide bonds. The molecule has 5 nitrogen and oxygen atoms in total. The van der Waals surface area contributed by atoms with Crippen LogP contribution in [0.2, 0.25) is 18.1 Å². The highest BCUT2D eigenvalue weighted by molar-refractivity contribution is 6.74. The summed E-state index contributed by atoms with van der Waals surface area (Å²) in [6, 6.07) is 14.4. The Hall–Kier alpha value is -2.22. The summed E-state index contributed by atoms with van der Waals surface area (Å²) < 4.78 is 26.0. The second kappa shape index (κ2) is 9.95. The van der Waals surface area contributed by atoms with Gasteiger partial charge in [0.15, 0.2) is 8.32 Å². The first-order valence-corrected chi connectivity index (χ1v) is 14.5. The summed E-state index contributed by atoms with van der Waals surface area (Å²) in [5, 5.41) is 6.48. The fraction of sp³-hybridized carbons (Fsp3) is 0.500. The maximum atomic E-state index is 13.8. The summed E-state index contributed by atoms with van der Waals surface area (Å²) in [6.07, 6.45) is 1.54. The van der Waals surface area contributed by atoms with E-state index in [0.29, 0.717) is 24.3 Å². The molecule has 33 heavy (non-hydrogen) atoms. The highest BCUT2D eigenvalue weighted by Crippen LogP contribution is 2.39. The topological polar surface area (TPSA) is 59.6 Å². The van der Waals surface area contributed by atoms with Crippen molar-refractivity contribution >= 4 is 14.2 Å². The van der Waals surface area contributed by atoms with Crippen molar-refractivity contribution in [3.63, 3.8) is 0 Å². The molecule has 0 radical (unpaired) electrons. The molecule has 2 atom stereocenters. The fourth-order valence-corrected chi connectivity index (χ4v) is 4.85. The fourth-order valence-electron chi connectivity index (χ4n) is 3.81. The van der Waals surface area contributed by atoms with Gasteiger partial charge in [-0.05, 0) is 54.7 Å². The first-order chi connectivity index (χ1) is 15.5. The van der Waals surface area contributed by atoms with Crippen LogP contribution < -0.4 is 15.4 Å². The van der Waals surface area contributed by atoms with Crippen LogP contribution in [-0.4, -0.2) is 33.4 Å². The van der Waals surface area contributed by atoms with E-state index < -0.39 is 13.9 Å². The number of ether oxygens (including phenoxy) is 1. The molecule has 0 aliphatic carbocycles. The molecule has 1 heterocycles. The van der Waals surface area contributed by atoms with Crippen molar-refractivity contribution in [3.8, 4) is 5.75 Å². The monoisotopic (exact) mass is 472 g/mol. The van der Waals surface area contributed by atoms with Crippen LogP contribution in [-0.2, 0) is 15.8 Å². The number of amides is 1. The van der Waals surface area contributed by atoms with Gasteiger partial charge in [-0.1, -0.05) is 51.1 Å². The number of carbonyl (C=O) groups excluding carboxylic acids is 1. The van der Waals surface area contributed by atoms with Crippen LogP contribution in [0, 0.1) is 5.82 Å². The van der Waals surface area contributed by atoms with Crippen LogP contribution in [0.5, 0.6) is 5.75 Å². The minimum absolute atomic E-state index is 0.0337. The standard InChI is InChI=1S/C26H37FN2O3Si/c1-25(2,3)33(5,6)32-18-26(24(30)28-4)16-15-23(29-26)19-11-13-21(14-12-19)31-17-20-9-7-8-10-22(20)27/h7-14,23,29H,15-18H2,1-6H3,(H,28,30)/t23-,26-/m1/s1. The van der Waals surface area contributed by atoms with Gasteiger partial charge in [-0.3, -0.25) is 10.1 Å². The second-order valence-electron chi connectivity index (χ2n) is 10.4. The predicted octanol–water partition coefficient (Wildman–Crippen LogP) is 5.34. The maximum absolute atomic E-state index is 13.8. The van der Waals surface area contributed by atoms with Gasteiger partial charge >= 0.3 is 0 Å². The van der Waals surface area contributed by atoms with Crippen molar-refractivity contribution < 1.29 is 18.3 Å². The number of hydrogen-bond acceptors (Lipinski definition) is 4. The van der Waals surface area contributed by atoms with Crippen molar-refractivity contribution in [2.24, 2.45) is 0 Å². The van der Waals surface area contributed by atoms with Crippen molar-refractivity contribution in [2.45, 2.75) is 69.9 Å². The predicted molar refractivity (Wildman–Crippen MR) is 132 cm³/mol. The van der Waals surface area contributed by atoms with Crippen molar-refractivity contribution in [3.05, 3.63) is 65.5 Å². The third kappa shape index (κ3) is 5.83. The molecule has 3 rings (SSSR count). The average molecular weight is 473 g/mol. The van der Waals surface area contributed by atoms with Gasteiger partial charge < -0.3 is 14.5 Å². The van der Waals surface area contributed by atoms with Gasteiger partial charge in [-0.25, -0.2) is 4.39 Å². The summed E-state index contributed by atoms with van der Waals surface area (Å²) in [6.45, 7) is 11.6. The highest BCUT2D eigenvalue weighted by Gasteiger charge is 2.47. The molecule has 1 aliphatic rings. The molecule has 1 fully saturated rings. The van der Waals surface area contributed by atoms with E-state index in [-0.39, 0.29) is 29.4 Å². The Morgan fingerprint density at radius 2 is 1.85 bits per heavy atom. The Kier molecular flexibility index (Phi) is 7.66. The summed E-state index contributed by atoms with van der Waals surface area (Å²) in [4.78, 5) is 12.9. The molecule has 7 heteroatoms. The molecule has 2 N–H and O–H groups in total. The zero-order chi connectivity index (χ0) is 24.3. The van der Waals surface area contributed by atoms with Crippen molar-refractivity contribution in [1.82, 2.24) is 10.6 Å². The number of carbonyl (C=O) groups is 1. The molecular formula is C26H37FN2O3Si. The molecule has 0 saturated carbocycles. The SMILES string of the molecule is CNC(=O)[C@]1(CO[Si](C)(C)C(C)(C)C)CC[C@H](c2ccc(OCc3ccccc3F)cc2)N1. The van der Waals surface area contributed by atoms with Crippen LogP contribution in [0.3, 0.4) is 0 Å². The lowest BCUT2D eigenvalue weighted by Crippen LogP contribution is -2.58. The first-order valence-electron chi connectivity index (χ1n) is 11.6. The van der Waals surface area contributed by atoms with E-state index >= 15 is 0 Å². The molecule has 1 saturated heterocycles. The average Bonchev–Trinajstić information content (AvgIpc) is 3.22. The van der Waals surface area contributed by atoms with E-state index in [9.17, 15) is 9.18 Å². The Bertz CT molecular complexity index is 959. The van der Waals surface area contributed by atoms with E-state index in [1.54, 1.807) is 25.2 Å². The van der Waals surface area contributed by atoms with Crippen LogP contribution in [0.4, 0.5) is 4.39 Å². The molecule has 2 aromatic rings. The largest absolute Gasteiger partial charge is 0.489 e. The summed E-state index contributed by atoms with van der Waals surface area (Å²) in [7, 11) is -0.318. The Morgan fingerprint density at radius 1 is 1.18 bits per heavy atom. The number of benzene rings is 2. The van der Waals surface area contributed by atoms with Gasteiger partial charge in [0, 0.05) is 18.7 Å². The number of halogens is 1. The minimum atomic E-state index is -1.99. The van der Waals surface area contributed by atoms with Gasteiger partial charge in [0.25, 0.3) is 0 Å². The molecule has 0 aromatic heterocycles. The molecular weight excluding hydrogens is 435 g/mol. The molecule has 1 aliphatic heterocycles. The van der Waals surface area contributed by atoms with E-state index in [4.69, 9.17) is 9.16 Å².